The lowest BCUT2D eigenvalue weighted by atomic mass is 9.97. The molecule has 4 rings (SSSR count). The number of rotatable bonds is 3. The van der Waals surface area contributed by atoms with Gasteiger partial charge in [0, 0.05) is 18.1 Å². The highest BCUT2D eigenvalue weighted by Crippen LogP contribution is 2.37. The smallest absolute Gasteiger partial charge is 0.282 e. The average Bonchev–Trinajstić information content (AvgIpc) is 2.93. The average molecular weight is 397 g/mol. The number of imide groups is 1. The van der Waals surface area contributed by atoms with E-state index in [1.807, 2.05) is 36.9 Å². The maximum Gasteiger partial charge on any atom is 0.282 e. The molecule has 0 unspecified atom stereocenters. The zero-order chi connectivity index (χ0) is 19.8. The third-order valence-corrected chi connectivity index (χ3v) is 5.34. The molecule has 1 saturated heterocycles. The van der Waals surface area contributed by atoms with Crippen LogP contribution >= 0.6 is 11.6 Å². The molecule has 0 aromatic heterocycles. The van der Waals surface area contributed by atoms with Crippen LogP contribution in [0.1, 0.15) is 16.7 Å². The van der Waals surface area contributed by atoms with Crippen LogP contribution in [-0.2, 0) is 14.3 Å². The minimum absolute atomic E-state index is 0.316. The van der Waals surface area contributed by atoms with Gasteiger partial charge in [-0.1, -0.05) is 41.4 Å². The van der Waals surface area contributed by atoms with Gasteiger partial charge in [-0.25, -0.2) is 4.90 Å². The molecule has 0 saturated carbocycles. The van der Waals surface area contributed by atoms with Crippen LogP contribution in [0.2, 0.25) is 5.02 Å². The van der Waals surface area contributed by atoms with E-state index < -0.39 is 0 Å². The normalized spacial score (nSPS) is 17.7. The molecule has 2 aromatic rings. The number of aryl methyl sites for hydroxylation is 2. The summed E-state index contributed by atoms with van der Waals surface area (Å²) >= 11 is 6.11. The van der Waals surface area contributed by atoms with Gasteiger partial charge in [0.2, 0.25) is 0 Å². The molecule has 2 aliphatic heterocycles. The highest BCUT2D eigenvalue weighted by atomic mass is 35.5. The van der Waals surface area contributed by atoms with Gasteiger partial charge in [0.1, 0.15) is 5.70 Å². The van der Waals surface area contributed by atoms with Gasteiger partial charge in [0.05, 0.1) is 24.5 Å². The first-order valence-corrected chi connectivity index (χ1v) is 9.64. The third-order valence-electron chi connectivity index (χ3n) is 5.10. The molecule has 2 heterocycles. The molecule has 144 valence electrons. The van der Waals surface area contributed by atoms with Crippen molar-refractivity contribution in [3.63, 3.8) is 0 Å². The van der Waals surface area contributed by atoms with Crippen molar-refractivity contribution in [2.24, 2.45) is 0 Å². The van der Waals surface area contributed by atoms with Crippen LogP contribution in [0.15, 0.2) is 48.2 Å². The summed E-state index contributed by atoms with van der Waals surface area (Å²) in [6.07, 6.45) is 0. The number of ether oxygens (including phenoxy) is 1. The van der Waals surface area contributed by atoms with Crippen molar-refractivity contribution in [2.45, 2.75) is 13.8 Å². The van der Waals surface area contributed by atoms with Crippen LogP contribution in [0.3, 0.4) is 0 Å². The van der Waals surface area contributed by atoms with Crippen LogP contribution in [0, 0.1) is 13.8 Å². The Kier molecular flexibility index (Phi) is 4.96. The first kappa shape index (κ1) is 18.7. The zero-order valence-electron chi connectivity index (χ0n) is 15.9. The Morgan fingerprint density at radius 2 is 1.71 bits per heavy atom. The summed E-state index contributed by atoms with van der Waals surface area (Å²) in [5, 5.41) is 0.478. The zero-order valence-corrected chi connectivity index (χ0v) is 16.6. The van der Waals surface area contributed by atoms with Crippen molar-refractivity contribution in [1.82, 2.24) is 4.90 Å². The second-order valence-corrected chi connectivity index (χ2v) is 7.50. The van der Waals surface area contributed by atoms with Crippen molar-refractivity contribution in [3.8, 4) is 0 Å². The summed E-state index contributed by atoms with van der Waals surface area (Å²) in [4.78, 5) is 30.1. The molecule has 2 amide bonds. The Labute approximate surface area is 169 Å². The number of benzene rings is 2. The molecule has 6 heteroatoms. The highest BCUT2D eigenvalue weighted by Gasteiger charge is 2.43. The monoisotopic (exact) mass is 396 g/mol. The van der Waals surface area contributed by atoms with Gasteiger partial charge in [-0.3, -0.25) is 9.59 Å². The number of morpholine rings is 1. The Balaban J connectivity index is 1.87. The fraction of sp³-hybridized carbons (Fsp3) is 0.273. The lowest BCUT2D eigenvalue weighted by molar-refractivity contribution is -0.121. The molecule has 0 radical (unpaired) electrons. The minimum Gasteiger partial charge on any atom is -0.378 e. The molecule has 0 bridgehead atoms. The molecule has 0 aliphatic carbocycles. The van der Waals surface area contributed by atoms with E-state index in [4.69, 9.17) is 16.3 Å². The van der Waals surface area contributed by atoms with Crippen LogP contribution in [0.5, 0.6) is 0 Å². The van der Waals surface area contributed by atoms with Gasteiger partial charge < -0.3 is 9.64 Å². The van der Waals surface area contributed by atoms with Gasteiger partial charge >= 0.3 is 0 Å². The van der Waals surface area contributed by atoms with E-state index in [2.05, 4.69) is 0 Å². The Hall–Kier alpha value is -2.63. The van der Waals surface area contributed by atoms with E-state index in [9.17, 15) is 9.59 Å². The molecular formula is C22H21ClN2O3. The Bertz CT molecular complexity index is 993. The number of hydrogen-bond acceptors (Lipinski definition) is 4. The third kappa shape index (κ3) is 3.21. The predicted molar refractivity (Wildman–Crippen MR) is 109 cm³/mol. The maximum absolute atomic E-state index is 13.5. The molecular weight excluding hydrogens is 376 g/mol. The second kappa shape index (κ2) is 7.41. The molecule has 28 heavy (non-hydrogen) atoms. The predicted octanol–water partition coefficient (Wildman–Crippen LogP) is 3.57. The number of carbonyl (C=O) groups is 2. The second-order valence-electron chi connectivity index (χ2n) is 7.07. The summed E-state index contributed by atoms with van der Waals surface area (Å²) in [6, 6.07) is 12.7. The lowest BCUT2D eigenvalue weighted by Gasteiger charge is -2.29. The van der Waals surface area contributed by atoms with Crippen molar-refractivity contribution in [1.29, 1.82) is 0 Å². The standard InChI is InChI=1S/C22H21ClN2O3/c1-14-6-7-18(15(2)12-14)19-20(24-8-10-28-11-9-24)22(27)25(21(19)26)17-5-3-4-16(23)13-17/h3-7,12-13H,8-11H2,1-2H3. The molecule has 2 aromatic carbocycles. The van der Waals surface area contributed by atoms with Crippen LogP contribution in [0.25, 0.3) is 5.57 Å². The van der Waals surface area contributed by atoms with E-state index >= 15 is 0 Å². The fourth-order valence-corrected chi connectivity index (χ4v) is 3.97. The van der Waals surface area contributed by atoms with Gasteiger partial charge in [-0.05, 0) is 43.2 Å². The van der Waals surface area contributed by atoms with Gasteiger partial charge in [-0.15, -0.1) is 0 Å². The van der Waals surface area contributed by atoms with Crippen molar-refractivity contribution >= 4 is 34.7 Å². The van der Waals surface area contributed by atoms with Gasteiger partial charge in [0.25, 0.3) is 11.8 Å². The number of anilines is 1. The van der Waals surface area contributed by atoms with E-state index in [0.29, 0.717) is 48.3 Å². The first-order chi connectivity index (χ1) is 13.5. The van der Waals surface area contributed by atoms with E-state index in [0.717, 1.165) is 16.7 Å². The van der Waals surface area contributed by atoms with Crippen molar-refractivity contribution in [2.75, 3.05) is 31.2 Å². The van der Waals surface area contributed by atoms with E-state index in [1.54, 1.807) is 24.3 Å². The maximum atomic E-state index is 13.5. The van der Waals surface area contributed by atoms with Crippen molar-refractivity contribution < 1.29 is 14.3 Å². The Morgan fingerprint density at radius 3 is 2.39 bits per heavy atom. The van der Waals surface area contributed by atoms with Crippen LogP contribution < -0.4 is 4.90 Å². The van der Waals surface area contributed by atoms with E-state index in [-0.39, 0.29) is 11.8 Å². The highest BCUT2D eigenvalue weighted by molar-refractivity contribution is 6.45. The van der Waals surface area contributed by atoms with Gasteiger partial charge in [0.15, 0.2) is 0 Å². The molecule has 1 fully saturated rings. The summed E-state index contributed by atoms with van der Waals surface area (Å²) in [6.45, 7) is 6.18. The SMILES string of the molecule is Cc1ccc(C2=C(N3CCOCC3)C(=O)N(c3cccc(Cl)c3)C2=O)c(C)c1. The quantitative estimate of drug-likeness (QED) is 0.744. The molecule has 0 atom stereocenters. The first-order valence-electron chi connectivity index (χ1n) is 9.26. The number of nitrogens with zero attached hydrogens (tertiary/aromatic N) is 2. The number of halogens is 1. The number of hydrogen-bond donors (Lipinski definition) is 0. The summed E-state index contributed by atoms with van der Waals surface area (Å²) in [7, 11) is 0. The van der Waals surface area contributed by atoms with Crippen molar-refractivity contribution in [3.05, 3.63) is 69.9 Å². The fourth-order valence-electron chi connectivity index (χ4n) is 3.79. The lowest BCUT2D eigenvalue weighted by Crippen LogP contribution is -2.40. The number of amides is 2. The molecule has 0 N–H and O–H groups in total. The van der Waals surface area contributed by atoms with Gasteiger partial charge in [-0.2, -0.15) is 0 Å². The topological polar surface area (TPSA) is 49.9 Å². The van der Waals surface area contributed by atoms with Crippen LogP contribution in [-0.4, -0.2) is 43.0 Å². The summed E-state index contributed by atoms with van der Waals surface area (Å²) in [5.41, 5.74) is 4.24. The van der Waals surface area contributed by atoms with Crippen LogP contribution in [0.4, 0.5) is 5.69 Å². The largest absolute Gasteiger partial charge is 0.378 e. The molecule has 0 spiro atoms. The molecule has 2 aliphatic rings. The number of carbonyl (C=O) groups excluding carboxylic acids is 2. The summed E-state index contributed by atoms with van der Waals surface area (Å²) in [5.74, 6) is -0.634. The minimum atomic E-state index is -0.319. The Morgan fingerprint density at radius 1 is 0.964 bits per heavy atom. The summed E-state index contributed by atoms with van der Waals surface area (Å²) < 4.78 is 5.44. The van der Waals surface area contributed by atoms with E-state index in [1.165, 1.54) is 4.90 Å². The molecule has 5 nitrogen and oxygen atoms in total.